The number of hydrogen-bond acceptors (Lipinski definition) is 3. The smallest absolute Gasteiger partial charge is 0.329 e. The summed E-state index contributed by atoms with van der Waals surface area (Å²) in [5, 5.41) is 8.65. The maximum atomic E-state index is 12.8. The molecular weight excluding hydrogens is 366 g/mol. The SMILES string of the molecule is Cc1ccc(C(=O)c2cccn2CCCc2cccc(COCC(=O)O)c2)cc1. The van der Waals surface area contributed by atoms with Gasteiger partial charge in [0.1, 0.15) is 6.61 Å². The van der Waals surface area contributed by atoms with Crippen LogP contribution in [0.3, 0.4) is 0 Å². The summed E-state index contributed by atoms with van der Waals surface area (Å²) < 4.78 is 7.15. The van der Waals surface area contributed by atoms with E-state index in [1.165, 1.54) is 5.56 Å². The molecule has 0 spiro atoms. The van der Waals surface area contributed by atoms with Crippen molar-refractivity contribution < 1.29 is 19.4 Å². The summed E-state index contributed by atoms with van der Waals surface area (Å²) in [6.07, 6.45) is 3.70. The van der Waals surface area contributed by atoms with Crippen LogP contribution in [0.4, 0.5) is 0 Å². The second-order valence-electron chi connectivity index (χ2n) is 7.09. The highest BCUT2D eigenvalue weighted by Gasteiger charge is 2.13. The molecule has 5 heteroatoms. The third-order valence-corrected chi connectivity index (χ3v) is 4.73. The quantitative estimate of drug-likeness (QED) is 0.524. The average Bonchev–Trinajstić information content (AvgIpc) is 3.17. The molecule has 29 heavy (non-hydrogen) atoms. The van der Waals surface area contributed by atoms with Crippen LogP contribution in [0.1, 0.15) is 39.2 Å². The average molecular weight is 391 g/mol. The van der Waals surface area contributed by atoms with Crippen molar-refractivity contribution in [3.05, 3.63) is 94.8 Å². The molecule has 0 aliphatic heterocycles. The van der Waals surface area contributed by atoms with E-state index in [0.29, 0.717) is 11.3 Å². The van der Waals surface area contributed by atoms with Gasteiger partial charge in [-0.3, -0.25) is 4.79 Å². The van der Waals surface area contributed by atoms with Crippen molar-refractivity contribution in [3.63, 3.8) is 0 Å². The van der Waals surface area contributed by atoms with Crippen molar-refractivity contribution in [2.24, 2.45) is 0 Å². The molecule has 0 unspecified atom stereocenters. The van der Waals surface area contributed by atoms with Gasteiger partial charge in [-0.1, -0.05) is 54.1 Å². The highest BCUT2D eigenvalue weighted by molar-refractivity contribution is 6.08. The number of carboxylic acid groups (broad SMARTS) is 1. The number of carbonyl (C=O) groups excluding carboxylic acids is 1. The lowest BCUT2D eigenvalue weighted by molar-refractivity contribution is -0.142. The fourth-order valence-corrected chi connectivity index (χ4v) is 3.25. The lowest BCUT2D eigenvalue weighted by atomic mass is 10.1. The van der Waals surface area contributed by atoms with Gasteiger partial charge in [-0.2, -0.15) is 0 Å². The Balaban J connectivity index is 1.56. The largest absolute Gasteiger partial charge is 0.480 e. The molecule has 3 aromatic rings. The van der Waals surface area contributed by atoms with Crippen molar-refractivity contribution >= 4 is 11.8 Å². The normalized spacial score (nSPS) is 10.8. The minimum Gasteiger partial charge on any atom is -0.480 e. The number of benzene rings is 2. The Hall–Kier alpha value is -3.18. The predicted molar refractivity (Wildman–Crippen MR) is 111 cm³/mol. The Bertz CT molecular complexity index is 973. The molecule has 0 saturated heterocycles. The summed E-state index contributed by atoms with van der Waals surface area (Å²) >= 11 is 0. The van der Waals surface area contributed by atoms with E-state index in [2.05, 4.69) is 6.07 Å². The summed E-state index contributed by atoms with van der Waals surface area (Å²) in [6, 6.07) is 19.4. The number of aryl methyl sites for hydroxylation is 3. The van der Waals surface area contributed by atoms with E-state index >= 15 is 0 Å². The molecule has 2 aromatic carbocycles. The Morgan fingerprint density at radius 3 is 2.52 bits per heavy atom. The summed E-state index contributed by atoms with van der Waals surface area (Å²) in [5.74, 6) is -0.934. The fourth-order valence-electron chi connectivity index (χ4n) is 3.25. The summed E-state index contributed by atoms with van der Waals surface area (Å²) in [5.41, 5.74) is 4.65. The van der Waals surface area contributed by atoms with E-state index in [4.69, 9.17) is 9.84 Å². The summed E-state index contributed by atoms with van der Waals surface area (Å²) in [4.78, 5) is 23.3. The van der Waals surface area contributed by atoms with Gasteiger partial charge in [0.2, 0.25) is 5.78 Å². The molecule has 1 heterocycles. The Morgan fingerprint density at radius 2 is 1.76 bits per heavy atom. The number of hydrogen-bond donors (Lipinski definition) is 1. The third kappa shape index (κ3) is 5.90. The maximum Gasteiger partial charge on any atom is 0.329 e. The zero-order valence-corrected chi connectivity index (χ0v) is 16.5. The van der Waals surface area contributed by atoms with Crippen molar-refractivity contribution in [3.8, 4) is 0 Å². The van der Waals surface area contributed by atoms with Gasteiger partial charge in [0.15, 0.2) is 0 Å². The van der Waals surface area contributed by atoms with Crippen LogP contribution in [0.5, 0.6) is 0 Å². The van der Waals surface area contributed by atoms with Crippen LogP contribution in [0, 0.1) is 6.92 Å². The first-order chi connectivity index (χ1) is 14.0. The molecule has 0 saturated carbocycles. The van der Waals surface area contributed by atoms with Gasteiger partial charge < -0.3 is 14.4 Å². The summed E-state index contributed by atoms with van der Waals surface area (Å²) in [7, 11) is 0. The number of carbonyl (C=O) groups is 2. The van der Waals surface area contributed by atoms with Crippen LogP contribution in [-0.4, -0.2) is 28.0 Å². The van der Waals surface area contributed by atoms with Gasteiger partial charge >= 0.3 is 5.97 Å². The van der Waals surface area contributed by atoms with Gasteiger partial charge in [-0.25, -0.2) is 4.79 Å². The lowest BCUT2D eigenvalue weighted by Crippen LogP contribution is -2.10. The van der Waals surface area contributed by atoms with Crippen LogP contribution in [0.15, 0.2) is 66.9 Å². The molecule has 1 N–H and O–H groups in total. The number of nitrogens with zero attached hydrogens (tertiary/aromatic N) is 1. The van der Waals surface area contributed by atoms with Crippen molar-refractivity contribution in [2.75, 3.05) is 6.61 Å². The molecule has 5 nitrogen and oxygen atoms in total. The van der Waals surface area contributed by atoms with Crippen LogP contribution in [-0.2, 0) is 29.1 Å². The molecule has 0 amide bonds. The molecule has 3 rings (SSSR count). The Labute approximate surface area is 170 Å². The van der Waals surface area contributed by atoms with Crippen molar-refractivity contribution in [1.82, 2.24) is 4.57 Å². The van der Waals surface area contributed by atoms with E-state index in [1.54, 1.807) is 0 Å². The van der Waals surface area contributed by atoms with Crippen LogP contribution < -0.4 is 0 Å². The second-order valence-corrected chi connectivity index (χ2v) is 7.09. The first-order valence-corrected chi connectivity index (χ1v) is 9.67. The zero-order valence-electron chi connectivity index (χ0n) is 16.5. The van der Waals surface area contributed by atoms with Gasteiger partial charge in [0.05, 0.1) is 12.3 Å². The summed E-state index contributed by atoms with van der Waals surface area (Å²) in [6.45, 7) is 2.74. The topological polar surface area (TPSA) is 68.5 Å². The second kappa shape index (κ2) is 9.85. The number of carboxylic acids is 1. The highest BCUT2D eigenvalue weighted by Crippen LogP contribution is 2.14. The van der Waals surface area contributed by atoms with Crippen LogP contribution in [0.25, 0.3) is 0 Å². The minimum atomic E-state index is -0.969. The molecule has 1 aromatic heterocycles. The lowest BCUT2D eigenvalue weighted by Gasteiger charge is -2.10. The number of rotatable bonds is 10. The molecule has 0 aliphatic rings. The number of aromatic nitrogens is 1. The van der Waals surface area contributed by atoms with E-state index in [9.17, 15) is 9.59 Å². The number of ketones is 1. The monoisotopic (exact) mass is 391 g/mol. The number of aliphatic carboxylic acids is 1. The van der Waals surface area contributed by atoms with Crippen molar-refractivity contribution in [1.29, 1.82) is 0 Å². The molecule has 0 aliphatic carbocycles. The van der Waals surface area contributed by atoms with Gasteiger partial charge in [0.25, 0.3) is 0 Å². The Morgan fingerprint density at radius 1 is 1.00 bits per heavy atom. The van der Waals surface area contributed by atoms with Crippen LogP contribution >= 0.6 is 0 Å². The number of ether oxygens (including phenoxy) is 1. The standard InChI is InChI=1S/C24H25NO4/c1-18-9-11-21(12-10-18)24(28)22-8-4-14-25(22)13-3-7-19-5-2-6-20(15-19)16-29-17-23(26)27/h2,4-6,8-12,14-15H,3,7,13,16-17H2,1H3,(H,26,27). The van der Waals surface area contributed by atoms with Gasteiger partial charge in [0, 0.05) is 18.3 Å². The zero-order chi connectivity index (χ0) is 20.6. The van der Waals surface area contributed by atoms with Gasteiger partial charge in [-0.05, 0) is 43.0 Å². The molecule has 0 radical (unpaired) electrons. The van der Waals surface area contributed by atoms with E-state index in [0.717, 1.165) is 30.5 Å². The first-order valence-electron chi connectivity index (χ1n) is 9.67. The Kier molecular flexibility index (Phi) is 6.98. The van der Waals surface area contributed by atoms with Crippen LogP contribution in [0.2, 0.25) is 0 Å². The molecule has 0 bridgehead atoms. The van der Waals surface area contributed by atoms with E-state index < -0.39 is 5.97 Å². The minimum absolute atomic E-state index is 0.0348. The van der Waals surface area contributed by atoms with Gasteiger partial charge in [-0.15, -0.1) is 0 Å². The fraction of sp³-hybridized carbons (Fsp3) is 0.250. The first kappa shape index (κ1) is 20.6. The third-order valence-electron chi connectivity index (χ3n) is 4.73. The van der Waals surface area contributed by atoms with E-state index in [-0.39, 0.29) is 19.0 Å². The van der Waals surface area contributed by atoms with E-state index in [1.807, 2.05) is 72.3 Å². The maximum absolute atomic E-state index is 12.8. The molecule has 0 atom stereocenters. The molecule has 150 valence electrons. The molecule has 0 fully saturated rings. The van der Waals surface area contributed by atoms with Crippen molar-refractivity contribution in [2.45, 2.75) is 32.9 Å². The highest BCUT2D eigenvalue weighted by atomic mass is 16.5. The molecular formula is C24H25NO4. The predicted octanol–water partition coefficient (Wildman–Crippen LogP) is 4.26.